The molecular weight excluding hydrogens is 407 g/mol. The fourth-order valence-electron chi connectivity index (χ4n) is 4.01. The van der Waals surface area contributed by atoms with Crippen LogP contribution < -0.4 is 29.6 Å². The Hall–Kier alpha value is 0.870. The summed E-state index contributed by atoms with van der Waals surface area (Å²) in [7, 11) is -4.14. The van der Waals surface area contributed by atoms with E-state index >= 15 is 0 Å². The van der Waals surface area contributed by atoms with Gasteiger partial charge in [0.05, 0.1) is 10.1 Å². The third kappa shape index (κ3) is 23.5. The molecule has 30 heavy (non-hydrogen) atoms. The Morgan fingerprint density at radius 2 is 0.900 bits per heavy atom. The van der Waals surface area contributed by atoms with E-state index < -0.39 is 15.4 Å². The molecule has 6 heteroatoms. The van der Waals surface area contributed by atoms with Gasteiger partial charge < -0.3 is 9.66 Å². The molecule has 1 N–H and O–H groups in total. The van der Waals surface area contributed by atoms with Gasteiger partial charge in [-0.05, 0) is 19.3 Å². The molecule has 0 saturated heterocycles. The van der Waals surface area contributed by atoms with E-state index in [0.29, 0.717) is 19.4 Å². The van der Waals surface area contributed by atoms with Crippen LogP contribution in [-0.4, -0.2) is 29.9 Å². The average molecular weight is 457 g/mol. The van der Waals surface area contributed by atoms with Gasteiger partial charge in [0.15, 0.2) is 0 Å². The molecule has 0 aromatic heterocycles. The zero-order valence-corrected chi connectivity index (χ0v) is 23.0. The first-order valence-corrected chi connectivity index (χ1v) is 14.0. The van der Waals surface area contributed by atoms with Gasteiger partial charge in [-0.25, -0.2) is 8.42 Å². The third-order valence-electron chi connectivity index (χ3n) is 5.97. The minimum atomic E-state index is -4.14. The maximum atomic E-state index is 11.5. The first-order valence-electron chi connectivity index (χ1n) is 12.6. The molecule has 0 amide bonds. The van der Waals surface area contributed by atoms with Crippen molar-refractivity contribution < 1.29 is 47.6 Å². The van der Waals surface area contributed by atoms with Crippen molar-refractivity contribution in [3.8, 4) is 0 Å². The Bertz CT molecular complexity index is 429. The minimum Gasteiger partial charge on any atom is -0.748 e. The summed E-state index contributed by atoms with van der Waals surface area (Å²) >= 11 is 0. The Kier molecular flexibility index (Phi) is 27.0. The van der Waals surface area contributed by atoms with Gasteiger partial charge in [0.1, 0.15) is 0 Å². The number of rotatable bonds is 23. The zero-order valence-electron chi connectivity index (χ0n) is 20.2. The molecule has 176 valence electrons. The normalized spacial score (nSPS) is 12.6. The predicted octanol–water partition coefficient (Wildman–Crippen LogP) is 4.11. The van der Waals surface area contributed by atoms with Crippen LogP contribution >= 0.6 is 0 Å². The smallest absolute Gasteiger partial charge is 0.748 e. The van der Waals surface area contributed by atoms with Crippen LogP contribution in [-0.2, 0) is 10.1 Å². The van der Waals surface area contributed by atoms with Crippen LogP contribution in [0.5, 0.6) is 0 Å². The minimum absolute atomic E-state index is 0. The summed E-state index contributed by atoms with van der Waals surface area (Å²) in [5.41, 5.74) is 0. The zero-order chi connectivity index (χ0) is 21.6. The summed E-state index contributed by atoms with van der Waals surface area (Å²) in [4.78, 5) is 0. The maximum absolute atomic E-state index is 11.5. The summed E-state index contributed by atoms with van der Waals surface area (Å²) in [6.07, 6.45) is 23.4. The van der Waals surface area contributed by atoms with E-state index in [1.165, 1.54) is 70.6 Å². The van der Waals surface area contributed by atoms with Crippen molar-refractivity contribution in [3.05, 3.63) is 0 Å². The molecule has 0 fully saturated rings. The summed E-state index contributed by atoms with van der Waals surface area (Å²) < 4.78 is 34.4. The van der Waals surface area contributed by atoms with Crippen molar-refractivity contribution in [2.75, 3.05) is 6.61 Å². The standard InChI is InChI=1S/C24H50O4S.Na/c1-2-3-4-15-18-21-24(29(26,27)28)22-19-16-13-11-9-7-5-6-8-10-12-14-17-20-23-25;/h24-25H,2-23H2,1H3,(H,26,27,28);/q;+1/p-1. The van der Waals surface area contributed by atoms with Gasteiger partial charge in [-0.1, -0.05) is 122 Å². The van der Waals surface area contributed by atoms with Crippen molar-refractivity contribution in [1.29, 1.82) is 0 Å². The van der Waals surface area contributed by atoms with Gasteiger partial charge in [0, 0.05) is 11.9 Å². The van der Waals surface area contributed by atoms with Gasteiger partial charge >= 0.3 is 29.6 Å². The molecule has 0 aliphatic carbocycles. The molecule has 0 aliphatic heterocycles. The van der Waals surface area contributed by atoms with Crippen LogP contribution in [0.15, 0.2) is 0 Å². The van der Waals surface area contributed by atoms with E-state index in [2.05, 4.69) is 6.92 Å². The number of hydrogen-bond donors (Lipinski definition) is 1. The third-order valence-corrected chi connectivity index (χ3v) is 7.26. The largest absolute Gasteiger partial charge is 1.00 e. The van der Waals surface area contributed by atoms with Crippen molar-refractivity contribution >= 4 is 10.1 Å². The number of aliphatic hydroxyl groups excluding tert-OH is 1. The van der Waals surface area contributed by atoms with E-state index in [4.69, 9.17) is 5.11 Å². The van der Waals surface area contributed by atoms with Crippen LogP contribution in [0.2, 0.25) is 0 Å². The van der Waals surface area contributed by atoms with Crippen molar-refractivity contribution in [2.45, 2.75) is 147 Å². The summed E-state index contributed by atoms with van der Waals surface area (Å²) in [6, 6.07) is 0. The van der Waals surface area contributed by atoms with E-state index in [1.54, 1.807) is 0 Å². The second-order valence-electron chi connectivity index (χ2n) is 8.78. The number of aliphatic hydroxyl groups is 1. The van der Waals surface area contributed by atoms with Crippen LogP contribution in [0, 0.1) is 0 Å². The van der Waals surface area contributed by atoms with E-state index in [1.807, 2.05) is 0 Å². The summed E-state index contributed by atoms with van der Waals surface area (Å²) in [5.74, 6) is 0. The SMILES string of the molecule is CCCCCCCC(CCCCCCCCCCCCCCCCO)S(=O)(=O)[O-].[Na+]. The Balaban J connectivity index is 0. The molecule has 0 heterocycles. The fourth-order valence-corrected chi connectivity index (χ4v) is 4.92. The Labute approximate surface area is 210 Å². The molecule has 0 aliphatic rings. The molecule has 0 saturated carbocycles. The molecule has 4 nitrogen and oxygen atoms in total. The van der Waals surface area contributed by atoms with Gasteiger partial charge in [0.2, 0.25) is 0 Å². The average Bonchev–Trinajstić information content (AvgIpc) is 2.68. The van der Waals surface area contributed by atoms with Gasteiger partial charge in [0.25, 0.3) is 0 Å². The second-order valence-corrected chi connectivity index (χ2v) is 10.4. The molecule has 0 spiro atoms. The molecule has 0 bridgehead atoms. The van der Waals surface area contributed by atoms with Crippen LogP contribution in [0.4, 0.5) is 0 Å². The summed E-state index contributed by atoms with van der Waals surface area (Å²) in [6.45, 7) is 2.49. The Morgan fingerprint density at radius 3 is 1.20 bits per heavy atom. The number of hydrogen-bond acceptors (Lipinski definition) is 4. The fraction of sp³-hybridized carbons (Fsp3) is 1.00. The van der Waals surface area contributed by atoms with E-state index in [9.17, 15) is 13.0 Å². The quantitative estimate of drug-likeness (QED) is 0.143. The van der Waals surface area contributed by atoms with Crippen LogP contribution in [0.3, 0.4) is 0 Å². The molecular formula is C24H49NaO4S. The molecule has 1 atom stereocenters. The van der Waals surface area contributed by atoms with Crippen LogP contribution in [0.25, 0.3) is 0 Å². The van der Waals surface area contributed by atoms with Gasteiger partial charge in [-0.15, -0.1) is 0 Å². The monoisotopic (exact) mass is 456 g/mol. The molecule has 0 radical (unpaired) electrons. The van der Waals surface area contributed by atoms with E-state index in [0.717, 1.165) is 51.4 Å². The molecule has 0 aromatic carbocycles. The molecule has 0 rings (SSSR count). The predicted molar refractivity (Wildman–Crippen MR) is 123 cm³/mol. The van der Waals surface area contributed by atoms with Crippen molar-refractivity contribution in [3.63, 3.8) is 0 Å². The van der Waals surface area contributed by atoms with Crippen molar-refractivity contribution in [1.82, 2.24) is 0 Å². The Morgan fingerprint density at radius 1 is 0.600 bits per heavy atom. The van der Waals surface area contributed by atoms with Crippen LogP contribution in [0.1, 0.15) is 142 Å². The topological polar surface area (TPSA) is 77.4 Å². The first kappa shape index (κ1) is 33.0. The van der Waals surface area contributed by atoms with Gasteiger partial charge in [-0.3, -0.25) is 0 Å². The molecule has 0 aromatic rings. The first-order chi connectivity index (χ1) is 14.0. The number of unbranched alkanes of at least 4 members (excludes halogenated alkanes) is 17. The van der Waals surface area contributed by atoms with Crippen molar-refractivity contribution in [2.24, 2.45) is 0 Å². The van der Waals surface area contributed by atoms with Gasteiger partial charge in [-0.2, -0.15) is 0 Å². The second kappa shape index (κ2) is 24.5. The summed E-state index contributed by atoms with van der Waals surface area (Å²) in [5, 5.41) is 8.07. The molecule has 1 unspecified atom stereocenters. The van der Waals surface area contributed by atoms with E-state index in [-0.39, 0.29) is 29.6 Å². The maximum Gasteiger partial charge on any atom is 1.00 e.